The molecule has 30 nitrogen and oxygen atoms in total. The van der Waals surface area contributed by atoms with E-state index in [4.69, 9.17) is 43.0 Å². The Hall–Kier alpha value is -6.65. The number of hydrogen-bond acceptors (Lipinski definition) is 25. The first-order valence-corrected chi connectivity index (χ1v) is 30.5. The number of nitrogens with one attached hydrogen (secondary N) is 4. The number of aryl methyl sites for hydroxylation is 2. The van der Waals surface area contributed by atoms with Crippen molar-refractivity contribution in [2.75, 3.05) is 51.7 Å². The summed E-state index contributed by atoms with van der Waals surface area (Å²) in [5, 5.41) is 8.24. The van der Waals surface area contributed by atoms with Crippen LogP contribution in [0.3, 0.4) is 0 Å². The van der Waals surface area contributed by atoms with Gasteiger partial charge in [0.25, 0.3) is 40.5 Å². The van der Waals surface area contributed by atoms with Crippen molar-refractivity contribution in [3.8, 4) is 23.0 Å². The highest BCUT2D eigenvalue weighted by Crippen LogP contribution is 2.51. The maximum atomic E-state index is 13.3. The fourth-order valence-electron chi connectivity index (χ4n) is 7.28. The molecule has 2 aliphatic heterocycles. The summed E-state index contributed by atoms with van der Waals surface area (Å²) in [6, 6.07) is 10.5. The van der Waals surface area contributed by atoms with E-state index in [0.717, 1.165) is 24.3 Å². The van der Waals surface area contributed by atoms with Gasteiger partial charge < -0.3 is 36.5 Å². The first-order valence-electron chi connectivity index (χ1n) is 20.8. The SMILES string of the molecule is Cc1cc(C)c(Nc2c(S(=O)(=O)O)cc3c(c2S(=O)(=O)O)Oc2c(Cl)c4c(c(Cl)c2=N3)Oc2c(ccc(Nc3nc(NCCS(=O)(=O)O)nc(Nc5cccc(S(=O)(=O)CCOS(=O)(=O)O)c5)n3)c2S(=O)(=O)O)N=4)cc1N. The fraction of sp³-hybridized carbons (Fsp3) is 0.154. The summed E-state index contributed by atoms with van der Waals surface area (Å²) in [6.07, 6.45) is 0. The lowest BCUT2D eigenvalue weighted by molar-refractivity contribution is 0.284. The summed E-state index contributed by atoms with van der Waals surface area (Å²) in [5.74, 6) is -5.95. The Bertz CT molecular complexity index is 4390. The second-order valence-electron chi connectivity index (χ2n) is 16.1. The van der Waals surface area contributed by atoms with Crippen molar-refractivity contribution in [1.29, 1.82) is 0 Å². The van der Waals surface area contributed by atoms with Gasteiger partial charge in [-0.1, -0.05) is 35.3 Å². The Morgan fingerprint density at radius 1 is 0.610 bits per heavy atom. The molecule has 410 valence electrons. The lowest BCUT2D eigenvalue weighted by Gasteiger charge is -2.25. The quantitative estimate of drug-likeness (QED) is 0.0421. The Balaban J connectivity index is 1.21. The third-order valence-electron chi connectivity index (χ3n) is 10.6. The smallest absolute Gasteiger partial charge is 0.397 e. The van der Waals surface area contributed by atoms with Crippen molar-refractivity contribution in [2.24, 2.45) is 9.98 Å². The highest BCUT2D eigenvalue weighted by Gasteiger charge is 2.38. The molecule has 0 saturated heterocycles. The number of ether oxygens (including phenoxy) is 2. The van der Waals surface area contributed by atoms with Crippen LogP contribution in [0.15, 0.2) is 84.2 Å². The molecule has 0 fully saturated rings. The summed E-state index contributed by atoms with van der Waals surface area (Å²) in [6.45, 7) is 1.76. The number of sulfone groups is 1. The number of benzene rings is 5. The van der Waals surface area contributed by atoms with Gasteiger partial charge in [0.2, 0.25) is 17.8 Å². The number of nitrogen functional groups attached to an aromatic ring is 1. The van der Waals surface area contributed by atoms with Gasteiger partial charge in [0.05, 0.1) is 34.4 Å². The average Bonchev–Trinajstić information content (AvgIpc) is 3.39. The zero-order valence-electron chi connectivity index (χ0n) is 38.4. The van der Waals surface area contributed by atoms with Gasteiger partial charge in [0, 0.05) is 23.6 Å². The highest BCUT2D eigenvalue weighted by molar-refractivity contribution is 7.91. The number of rotatable bonds is 18. The van der Waals surface area contributed by atoms with Gasteiger partial charge in [-0.15, -0.1) is 0 Å². The maximum absolute atomic E-state index is 13.3. The van der Waals surface area contributed by atoms with Gasteiger partial charge in [0.15, 0.2) is 42.6 Å². The summed E-state index contributed by atoms with van der Waals surface area (Å²) in [5.41, 5.74) is 4.74. The minimum absolute atomic E-state index is 0.0393. The molecule has 0 radical (unpaired) electrons. The zero-order chi connectivity index (χ0) is 56.5. The number of fused-ring (bicyclic) bond motifs is 4. The van der Waals surface area contributed by atoms with Gasteiger partial charge >= 0.3 is 10.4 Å². The molecule has 6 aromatic rings. The van der Waals surface area contributed by atoms with E-state index in [1.54, 1.807) is 19.9 Å². The number of anilines is 8. The summed E-state index contributed by atoms with van der Waals surface area (Å²) in [4.78, 5) is 17.1. The van der Waals surface area contributed by atoms with Gasteiger partial charge in [-0.3, -0.25) is 22.8 Å². The molecule has 38 heteroatoms. The number of halogens is 2. The molecule has 0 bridgehead atoms. The second-order valence-corrected chi connectivity index (χ2v) is 25.7. The van der Waals surface area contributed by atoms with Crippen LogP contribution < -0.4 is 47.2 Å². The van der Waals surface area contributed by atoms with E-state index >= 15 is 0 Å². The molecule has 0 unspecified atom stereocenters. The molecule has 1 aromatic heterocycles. The molecule has 8 rings (SSSR count). The average molecular weight is 1230 g/mol. The third kappa shape index (κ3) is 12.4. The van der Waals surface area contributed by atoms with Crippen LogP contribution in [0.2, 0.25) is 10.0 Å². The Morgan fingerprint density at radius 3 is 1.78 bits per heavy atom. The number of nitrogens with zero attached hydrogens (tertiary/aromatic N) is 5. The molecule has 0 atom stereocenters. The van der Waals surface area contributed by atoms with Crippen molar-refractivity contribution in [3.05, 3.63) is 86.5 Å². The van der Waals surface area contributed by atoms with Crippen LogP contribution in [-0.2, 0) is 64.9 Å². The monoisotopic (exact) mass is 1220 g/mol. The fourth-order valence-corrected chi connectivity index (χ4v) is 12.0. The Labute approximate surface area is 445 Å². The molecule has 0 amide bonds. The van der Waals surface area contributed by atoms with Crippen LogP contribution in [0.25, 0.3) is 0 Å². The topological polar surface area (TPSA) is 471 Å². The number of nitrogens with two attached hydrogens (primary N) is 1. The van der Waals surface area contributed by atoms with Gasteiger partial charge in [-0.05, 0) is 67.4 Å². The number of aromatic nitrogens is 3. The third-order valence-corrected chi connectivity index (χ3v) is 16.9. The van der Waals surface area contributed by atoms with Gasteiger partial charge in [0.1, 0.15) is 37.0 Å². The molecular weight excluding hydrogens is 1190 g/mol. The molecular formula is C39H34Cl2N10O20S6. The predicted molar refractivity (Wildman–Crippen MR) is 271 cm³/mol. The van der Waals surface area contributed by atoms with E-state index in [2.05, 4.69) is 50.4 Å². The lowest BCUT2D eigenvalue weighted by Crippen LogP contribution is -2.24. The van der Waals surface area contributed by atoms with E-state index in [1.165, 1.54) is 18.2 Å². The molecule has 3 heterocycles. The van der Waals surface area contributed by atoms with Crippen molar-refractivity contribution < 1.29 is 86.9 Å². The number of hydrogen-bond donors (Lipinski definition) is 10. The molecule has 11 N–H and O–H groups in total. The highest BCUT2D eigenvalue weighted by atomic mass is 35.5. The van der Waals surface area contributed by atoms with Gasteiger partial charge in [-0.25, -0.2) is 22.6 Å². The lowest BCUT2D eigenvalue weighted by atomic mass is 10.1. The van der Waals surface area contributed by atoms with Crippen molar-refractivity contribution >= 4 is 142 Å². The summed E-state index contributed by atoms with van der Waals surface area (Å²) >= 11 is 13.6. The first-order chi connectivity index (χ1) is 35.6. The Morgan fingerprint density at radius 2 is 1.19 bits per heavy atom. The van der Waals surface area contributed by atoms with Crippen LogP contribution in [0.1, 0.15) is 11.1 Å². The molecule has 0 spiro atoms. The van der Waals surface area contributed by atoms with E-state index in [1.807, 2.05) is 0 Å². The van der Waals surface area contributed by atoms with E-state index in [0.29, 0.717) is 17.2 Å². The van der Waals surface area contributed by atoms with Crippen LogP contribution in [0.4, 0.5) is 57.7 Å². The first kappa shape index (κ1) is 56.6. The summed E-state index contributed by atoms with van der Waals surface area (Å²) in [7, 11) is -30.1. The molecule has 2 aliphatic rings. The minimum Gasteiger partial charge on any atom is -0.450 e. The van der Waals surface area contributed by atoms with Gasteiger partial charge in [-0.2, -0.15) is 57.0 Å². The molecule has 5 aromatic carbocycles. The van der Waals surface area contributed by atoms with Crippen molar-refractivity contribution in [1.82, 2.24) is 15.0 Å². The Kier molecular flexibility index (Phi) is 14.9. The van der Waals surface area contributed by atoms with E-state index in [9.17, 15) is 68.7 Å². The largest absolute Gasteiger partial charge is 0.450 e. The molecule has 77 heavy (non-hydrogen) atoms. The van der Waals surface area contributed by atoms with E-state index < -0.39 is 179 Å². The summed E-state index contributed by atoms with van der Waals surface area (Å²) < 4.78 is 215. The second kappa shape index (κ2) is 20.3. The molecule has 0 saturated carbocycles. The van der Waals surface area contributed by atoms with Crippen LogP contribution >= 0.6 is 23.2 Å². The van der Waals surface area contributed by atoms with Crippen molar-refractivity contribution in [3.63, 3.8) is 0 Å². The standard InChI is InChI=1S/C39H34Cl2N10O20S6/c1-16-12-17(2)23(14-20(16)42)46-28-25(74(57,58)59)15-24-32(36(28)76(63,64)65)71-34-26(40)29-33(27(41)30(34)47-24)70-31-21(45-29)6-7-22(35(31)75(60,61)62)48-39-50-37(43-8-10-73(54,55)56)49-38(51-39)44-18-4-3-5-19(13-18)72(52,53)11-9-69-77(66,67)68/h3-7,12-15,46H,8-11,42H2,1-2H3,(H,54,55,56)(H,57,58,59)(H,60,61,62)(H,63,64,65)(H,66,67,68)(H3,43,44,48,49,50,51). The molecule has 0 aliphatic carbocycles. The minimum atomic E-state index is -5.54. The van der Waals surface area contributed by atoms with Crippen LogP contribution in [0.5, 0.6) is 23.0 Å². The van der Waals surface area contributed by atoms with E-state index in [-0.39, 0.29) is 27.6 Å². The van der Waals surface area contributed by atoms with Crippen LogP contribution in [-0.4, -0.2) is 113 Å². The normalized spacial score (nSPS) is 13.3. The zero-order valence-corrected chi connectivity index (χ0v) is 44.8. The van der Waals surface area contributed by atoms with Crippen LogP contribution in [0, 0.1) is 13.8 Å². The van der Waals surface area contributed by atoms with Crippen molar-refractivity contribution in [2.45, 2.75) is 33.4 Å². The maximum Gasteiger partial charge on any atom is 0.397 e. The predicted octanol–water partition coefficient (Wildman–Crippen LogP) is 4.36.